The fourth-order valence-electron chi connectivity index (χ4n) is 8.15. The number of carbonyl (C=O) groups is 4. The Morgan fingerprint density at radius 2 is 1.64 bits per heavy atom. The van der Waals surface area contributed by atoms with Crippen molar-refractivity contribution in [3.05, 3.63) is 83.5 Å². The first-order chi connectivity index (χ1) is 26.0. The molecule has 2 aliphatic heterocycles. The Balaban J connectivity index is 0.987. The van der Waals surface area contributed by atoms with Crippen molar-refractivity contribution in [2.24, 2.45) is 11.8 Å². The van der Waals surface area contributed by atoms with Crippen molar-refractivity contribution in [3.63, 3.8) is 0 Å². The highest BCUT2D eigenvalue weighted by Crippen LogP contribution is 2.46. The standard InChI is InChI=1S/C43H58N3O6P/c1-28(2)46(29(3)4)53(6)27-32-25-39(52-30(32)5)37-24-31(42(49)45-43(37)50)21-22-40(47)44-23-15-9-7-8-10-20-41(48)51-26-38-35-18-13-11-16-33(35)34-17-12-14-19-36(34)38/h11-14,16-19,21-22,24,28-30,32,37-39H,7-10,15,20,23,25-27H2,1-6H3,(H,44,47)(H,45,49,50)/b22-21+/t30-,32?,37?,39-,53?/m1/s1/i5D. The van der Waals surface area contributed by atoms with E-state index in [-0.39, 0.29) is 42.3 Å². The average molecular weight is 745 g/mol. The second-order valence-corrected chi connectivity index (χ2v) is 17.3. The molecule has 2 N–H and O–H groups in total. The lowest BCUT2D eigenvalue weighted by atomic mass is 9.90. The number of unbranched alkanes of at least 4 members (excludes halogenated alkanes) is 4. The smallest absolute Gasteiger partial charge is 0.305 e. The van der Waals surface area contributed by atoms with Crippen molar-refractivity contribution in [1.82, 2.24) is 15.3 Å². The van der Waals surface area contributed by atoms with Crippen molar-refractivity contribution >= 4 is 31.8 Å². The molecular formula is C43H58N3O6P. The zero-order chi connectivity index (χ0) is 38.8. The highest BCUT2D eigenvalue weighted by atomic mass is 31.1. The van der Waals surface area contributed by atoms with Crippen LogP contribution in [0.15, 0.2) is 72.3 Å². The molecule has 3 aliphatic rings. The lowest BCUT2D eigenvalue weighted by molar-refractivity contribution is -0.144. The summed E-state index contributed by atoms with van der Waals surface area (Å²) >= 11 is 0. The van der Waals surface area contributed by atoms with Crippen LogP contribution in [0.5, 0.6) is 0 Å². The quantitative estimate of drug-likeness (QED) is 0.0535. The number of benzene rings is 2. The van der Waals surface area contributed by atoms with E-state index >= 15 is 0 Å². The topological polar surface area (TPSA) is 114 Å². The van der Waals surface area contributed by atoms with Gasteiger partial charge in [0.15, 0.2) is 0 Å². The van der Waals surface area contributed by atoms with Gasteiger partial charge in [-0.05, 0) is 109 Å². The number of nitrogens with one attached hydrogen (secondary N) is 2. The van der Waals surface area contributed by atoms with Gasteiger partial charge in [0.25, 0.3) is 5.91 Å². The second kappa shape index (κ2) is 19.1. The van der Waals surface area contributed by atoms with Crippen LogP contribution in [0.3, 0.4) is 0 Å². The lowest BCUT2D eigenvalue weighted by Gasteiger charge is -2.37. The molecule has 5 rings (SSSR count). The van der Waals surface area contributed by atoms with E-state index in [9.17, 15) is 19.2 Å². The highest BCUT2D eigenvalue weighted by molar-refractivity contribution is 7.54. The van der Waals surface area contributed by atoms with Crippen LogP contribution in [0.1, 0.15) is 98.0 Å². The molecule has 2 aromatic rings. The molecule has 53 heavy (non-hydrogen) atoms. The third-order valence-electron chi connectivity index (χ3n) is 10.6. The van der Waals surface area contributed by atoms with E-state index in [0.29, 0.717) is 38.1 Å². The minimum atomic E-state index is -0.664. The van der Waals surface area contributed by atoms with Crippen LogP contribution in [0, 0.1) is 11.8 Å². The van der Waals surface area contributed by atoms with Crippen LogP contribution in [-0.4, -0.2) is 78.6 Å². The number of fused-ring (bicyclic) bond motifs is 3. The fourth-order valence-corrected chi connectivity index (χ4v) is 11.0. The number of amides is 3. The lowest BCUT2D eigenvalue weighted by Crippen LogP contribution is -2.44. The number of rotatable bonds is 18. The Morgan fingerprint density at radius 1 is 1.00 bits per heavy atom. The van der Waals surface area contributed by atoms with Gasteiger partial charge in [0.1, 0.15) is 6.61 Å². The van der Waals surface area contributed by atoms with Gasteiger partial charge in [0.2, 0.25) is 11.8 Å². The van der Waals surface area contributed by atoms with E-state index in [1.807, 2.05) is 24.3 Å². The zero-order valence-corrected chi connectivity index (χ0v) is 32.9. The van der Waals surface area contributed by atoms with Crippen molar-refractivity contribution in [3.8, 4) is 11.1 Å². The van der Waals surface area contributed by atoms with E-state index in [2.05, 4.69) is 73.9 Å². The SMILES string of the molecule is [2H]C[C@H]1O[C@@H](C2C=C(/C=C/C(=O)NCCCCCCCC(=O)OCC3c4ccccc4-c4ccccc43)C(=O)NC2=O)CC1CP(C)N(C(C)C)C(C)C. The van der Waals surface area contributed by atoms with E-state index < -0.39 is 31.9 Å². The third kappa shape index (κ3) is 10.5. The van der Waals surface area contributed by atoms with Gasteiger partial charge < -0.3 is 14.8 Å². The average Bonchev–Trinajstić information content (AvgIpc) is 3.69. The molecule has 9 nitrogen and oxygen atoms in total. The summed E-state index contributed by atoms with van der Waals surface area (Å²) in [6, 6.07) is 17.5. The third-order valence-corrected chi connectivity index (χ3v) is 13.3. The van der Waals surface area contributed by atoms with Gasteiger partial charge in [-0.15, -0.1) is 0 Å². The summed E-state index contributed by atoms with van der Waals surface area (Å²) in [7, 11) is -0.444. The molecule has 2 aromatic carbocycles. The molecule has 1 saturated heterocycles. The van der Waals surface area contributed by atoms with Crippen molar-refractivity contribution < 1.29 is 30.0 Å². The first kappa shape index (κ1) is 39.1. The van der Waals surface area contributed by atoms with E-state index in [4.69, 9.17) is 10.8 Å². The maximum absolute atomic E-state index is 12.9. The molecule has 1 aliphatic carbocycles. The number of ether oxygens (including phenoxy) is 2. The summed E-state index contributed by atoms with van der Waals surface area (Å²) in [5.74, 6) is -1.86. The van der Waals surface area contributed by atoms with E-state index in [0.717, 1.165) is 38.3 Å². The van der Waals surface area contributed by atoms with E-state index in [1.54, 1.807) is 6.08 Å². The van der Waals surface area contributed by atoms with Gasteiger partial charge in [0, 0.05) is 44.0 Å². The van der Waals surface area contributed by atoms with Gasteiger partial charge in [-0.1, -0.05) is 73.9 Å². The number of hydrogen-bond donors (Lipinski definition) is 2. The number of carbonyl (C=O) groups excluding carboxylic acids is 4. The second-order valence-electron chi connectivity index (χ2n) is 15.1. The maximum Gasteiger partial charge on any atom is 0.305 e. The first-order valence-electron chi connectivity index (χ1n) is 20.0. The zero-order valence-electron chi connectivity index (χ0n) is 33.0. The molecule has 0 aromatic heterocycles. The Kier molecular flexibility index (Phi) is 14.1. The first-order valence-corrected chi connectivity index (χ1v) is 21.2. The Morgan fingerprint density at radius 3 is 2.30 bits per heavy atom. The molecule has 286 valence electrons. The number of esters is 1. The molecule has 0 bridgehead atoms. The van der Waals surface area contributed by atoms with Crippen LogP contribution < -0.4 is 10.6 Å². The summed E-state index contributed by atoms with van der Waals surface area (Å²) in [5.41, 5.74) is 5.10. The van der Waals surface area contributed by atoms with Crippen molar-refractivity contribution in [1.29, 1.82) is 0 Å². The molecular weight excluding hydrogens is 685 g/mol. The fraction of sp³-hybridized carbons (Fsp3) is 0.535. The summed E-state index contributed by atoms with van der Waals surface area (Å²) in [4.78, 5) is 50.6. The van der Waals surface area contributed by atoms with Gasteiger partial charge in [0.05, 0.1) is 18.1 Å². The van der Waals surface area contributed by atoms with Gasteiger partial charge >= 0.3 is 5.97 Å². The molecule has 2 heterocycles. The Bertz CT molecular complexity index is 1640. The summed E-state index contributed by atoms with van der Waals surface area (Å²) in [5, 5.41) is 5.31. The van der Waals surface area contributed by atoms with Crippen molar-refractivity contribution in [2.45, 2.75) is 110 Å². The summed E-state index contributed by atoms with van der Waals surface area (Å²) in [6.07, 6.45) is 10.0. The normalized spacial score (nSPS) is 22.2. The predicted octanol–water partition coefficient (Wildman–Crippen LogP) is 7.49. The number of nitrogens with zero attached hydrogens (tertiary/aromatic N) is 1. The Hall–Kier alpha value is -3.65. The van der Waals surface area contributed by atoms with Gasteiger partial charge in [-0.25, -0.2) is 0 Å². The summed E-state index contributed by atoms with van der Waals surface area (Å²) < 4.78 is 22.6. The van der Waals surface area contributed by atoms with Crippen molar-refractivity contribution in [2.75, 3.05) is 26.0 Å². The molecule has 3 amide bonds. The molecule has 0 spiro atoms. The predicted molar refractivity (Wildman–Crippen MR) is 212 cm³/mol. The van der Waals surface area contributed by atoms with Crippen LogP contribution in [0.4, 0.5) is 0 Å². The molecule has 5 atom stereocenters. The highest BCUT2D eigenvalue weighted by Gasteiger charge is 2.42. The minimum absolute atomic E-state index is 0.0666. The molecule has 10 heteroatoms. The number of imide groups is 1. The van der Waals surface area contributed by atoms with Gasteiger partial charge in [-0.3, -0.25) is 29.2 Å². The van der Waals surface area contributed by atoms with Crippen LogP contribution in [0.25, 0.3) is 11.1 Å². The molecule has 3 unspecified atom stereocenters. The van der Waals surface area contributed by atoms with E-state index in [1.165, 1.54) is 34.4 Å². The minimum Gasteiger partial charge on any atom is -0.465 e. The summed E-state index contributed by atoms with van der Waals surface area (Å²) in [6.45, 7) is 12.1. The van der Waals surface area contributed by atoms with Crippen LogP contribution in [0.2, 0.25) is 0 Å². The van der Waals surface area contributed by atoms with Crippen LogP contribution in [-0.2, 0) is 28.7 Å². The van der Waals surface area contributed by atoms with Crippen LogP contribution >= 0.6 is 8.07 Å². The molecule has 0 radical (unpaired) electrons. The van der Waals surface area contributed by atoms with Gasteiger partial charge in [-0.2, -0.15) is 0 Å². The number of hydrogen-bond acceptors (Lipinski definition) is 7. The molecule has 0 saturated carbocycles. The Labute approximate surface area is 318 Å². The maximum atomic E-state index is 12.9. The molecule has 1 fully saturated rings. The monoisotopic (exact) mass is 744 g/mol. The largest absolute Gasteiger partial charge is 0.465 e.